The summed E-state index contributed by atoms with van der Waals surface area (Å²) in [4.78, 5) is 6.91. The van der Waals surface area contributed by atoms with Crippen LogP contribution in [0, 0.1) is 0 Å². The zero-order valence-electron chi connectivity index (χ0n) is 12.1. The molecule has 0 spiro atoms. The standard InChI is InChI=1S/C17H16BrN3/c1-20(2)14-7-6-13(18)17-15(14)19-10-12-5-3-4-11-8-9-21(17)16(11)12/h5-10H,3-4H2,1-2H3. The molecule has 2 aromatic rings. The van der Waals surface area contributed by atoms with Gasteiger partial charge >= 0.3 is 0 Å². The van der Waals surface area contributed by atoms with E-state index in [0.717, 1.165) is 34.4 Å². The van der Waals surface area contributed by atoms with Crippen molar-refractivity contribution in [3.63, 3.8) is 0 Å². The average molecular weight is 342 g/mol. The first-order valence-electron chi connectivity index (χ1n) is 7.12. The number of hydrogen-bond acceptors (Lipinski definition) is 2. The van der Waals surface area contributed by atoms with Crippen LogP contribution in [-0.4, -0.2) is 24.9 Å². The third-order valence-corrected chi connectivity index (χ3v) is 4.80. The van der Waals surface area contributed by atoms with Gasteiger partial charge in [0.15, 0.2) is 0 Å². The van der Waals surface area contributed by atoms with E-state index in [9.17, 15) is 0 Å². The van der Waals surface area contributed by atoms with E-state index in [0.29, 0.717) is 0 Å². The Balaban J connectivity index is 2.10. The Hall–Kier alpha value is -1.81. The van der Waals surface area contributed by atoms with Gasteiger partial charge in [-0.1, -0.05) is 6.08 Å². The van der Waals surface area contributed by atoms with E-state index in [1.807, 2.05) is 6.21 Å². The maximum absolute atomic E-state index is 4.80. The quantitative estimate of drug-likeness (QED) is 0.755. The summed E-state index contributed by atoms with van der Waals surface area (Å²) in [6, 6.07) is 6.45. The number of hydrogen-bond donors (Lipinski definition) is 0. The Morgan fingerprint density at radius 3 is 2.90 bits per heavy atom. The van der Waals surface area contributed by atoms with Crippen LogP contribution in [0.3, 0.4) is 0 Å². The molecule has 0 amide bonds. The molecule has 0 fully saturated rings. The zero-order valence-corrected chi connectivity index (χ0v) is 13.7. The number of halogens is 1. The van der Waals surface area contributed by atoms with Gasteiger partial charge in [0.05, 0.1) is 17.1 Å². The van der Waals surface area contributed by atoms with Crippen molar-refractivity contribution < 1.29 is 0 Å². The highest BCUT2D eigenvalue weighted by molar-refractivity contribution is 9.10. The Labute approximate surface area is 132 Å². The summed E-state index contributed by atoms with van der Waals surface area (Å²) in [5.41, 5.74) is 7.21. The van der Waals surface area contributed by atoms with E-state index in [1.54, 1.807) is 0 Å². The second kappa shape index (κ2) is 4.60. The Morgan fingerprint density at radius 2 is 2.10 bits per heavy atom. The van der Waals surface area contributed by atoms with Gasteiger partial charge in [-0.05, 0) is 52.5 Å². The van der Waals surface area contributed by atoms with Crippen molar-refractivity contribution in [1.82, 2.24) is 4.57 Å². The zero-order chi connectivity index (χ0) is 14.6. The van der Waals surface area contributed by atoms with Gasteiger partial charge in [-0.25, -0.2) is 0 Å². The molecular formula is C17H16BrN3. The minimum absolute atomic E-state index is 1.02. The maximum Gasteiger partial charge on any atom is 0.111 e. The molecule has 0 bridgehead atoms. The summed E-state index contributed by atoms with van der Waals surface area (Å²) >= 11 is 3.71. The lowest BCUT2D eigenvalue weighted by Gasteiger charge is -2.20. The highest BCUT2D eigenvalue weighted by Crippen LogP contribution is 2.43. The van der Waals surface area contributed by atoms with E-state index in [1.165, 1.54) is 16.8 Å². The molecule has 106 valence electrons. The molecule has 0 radical (unpaired) electrons. The number of aromatic nitrogens is 1. The third kappa shape index (κ3) is 1.82. The lowest BCUT2D eigenvalue weighted by molar-refractivity contribution is 0.953. The minimum atomic E-state index is 1.02. The number of aliphatic imine (C=N–C) groups is 1. The molecule has 4 rings (SSSR count). The molecule has 2 heterocycles. The van der Waals surface area contributed by atoms with Crippen LogP contribution in [0.2, 0.25) is 0 Å². The minimum Gasteiger partial charge on any atom is -0.376 e. The highest BCUT2D eigenvalue weighted by atomic mass is 79.9. The third-order valence-electron chi connectivity index (χ3n) is 4.16. The Kier molecular flexibility index (Phi) is 2.82. The first kappa shape index (κ1) is 12.9. The average Bonchev–Trinajstić information content (AvgIpc) is 2.80. The number of aryl methyl sites for hydroxylation is 1. The predicted octanol–water partition coefficient (Wildman–Crippen LogP) is 4.35. The first-order chi connectivity index (χ1) is 10.2. The summed E-state index contributed by atoms with van der Waals surface area (Å²) in [6.07, 6.45) is 8.68. The summed E-state index contributed by atoms with van der Waals surface area (Å²) in [6.45, 7) is 0. The molecule has 1 aromatic carbocycles. The van der Waals surface area contributed by atoms with Crippen molar-refractivity contribution in [2.45, 2.75) is 12.8 Å². The molecule has 1 aromatic heterocycles. The van der Waals surface area contributed by atoms with Crippen molar-refractivity contribution in [3.05, 3.63) is 46.2 Å². The van der Waals surface area contributed by atoms with Crippen LogP contribution in [-0.2, 0) is 6.42 Å². The van der Waals surface area contributed by atoms with Crippen LogP contribution in [0.1, 0.15) is 17.7 Å². The van der Waals surface area contributed by atoms with E-state index in [4.69, 9.17) is 4.99 Å². The molecule has 0 unspecified atom stereocenters. The summed E-state index contributed by atoms with van der Waals surface area (Å²) in [7, 11) is 4.11. The van der Waals surface area contributed by atoms with Gasteiger partial charge in [-0.15, -0.1) is 0 Å². The van der Waals surface area contributed by atoms with Crippen LogP contribution >= 0.6 is 15.9 Å². The molecular weight excluding hydrogens is 326 g/mol. The summed E-state index contributed by atoms with van der Waals surface area (Å²) in [5, 5.41) is 0. The smallest absolute Gasteiger partial charge is 0.111 e. The normalized spacial score (nSPS) is 15.1. The number of rotatable bonds is 1. The van der Waals surface area contributed by atoms with Gasteiger partial charge in [0, 0.05) is 36.6 Å². The fraction of sp³-hybridized carbons (Fsp3) is 0.235. The van der Waals surface area contributed by atoms with Gasteiger partial charge in [0.25, 0.3) is 0 Å². The lowest BCUT2D eigenvalue weighted by atomic mass is 9.98. The van der Waals surface area contributed by atoms with Crippen molar-refractivity contribution in [2.24, 2.45) is 4.99 Å². The molecule has 0 N–H and O–H groups in total. The van der Waals surface area contributed by atoms with Gasteiger partial charge in [-0.2, -0.15) is 0 Å². The molecule has 0 saturated carbocycles. The highest BCUT2D eigenvalue weighted by Gasteiger charge is 2.24. The van der Waals surface area contributed by atoms with E-state index in [2.05, 4.69) is 70.0 Å². The summed E-state index contributed by atoms with van der Waals surface area (Å²) in [5.74, 6) is 0. The monoisotopic (exact) mass is 341 g/mol. The van der Waals surface area contributed by atoms with E-state index >= 15 is 0 Å². The molecule has 4 heteroatoms. The molecule has 2 aliphatic rings. The fourth-order valence-corrected chi connectivity index (χ4v) is 3.69. The lowest BCUT2D eigenvalue weighted by Crippen LogP contribution is -2.10. The Bertz CT molecular complexity index is 797. The number of benzene rings is 1. The second-order valence-electron chi connectivity index (χ2n) is 5.67. The van der Waals surface area contributed by atoms with Crippen molar-refractivity contribution in [2.75, 3.05) is 19.0 Å². The number of allylic oxidation sites excluding steroid dienone is 2. The number of fused-ring (bicyclic) bond motifs is 2. The molecule has 1 aliphatic heterocycles. The van der Waals surface area contributed by atoms with Crippen molar-refractivity contribution >= 4 is 39.1 Å². The van der Waals surface area contributed by atoms with Gasteiger partial charge in [0.1, 0.15) is 5.69 Å². The SMILES string of the molecule is CN(C)c1ccc(Br)c2c1N=CC1=CCCc3ccn-2c31. The van der Waals surface area contributed by atoms with E-state index in [-0.39, 0.29) is 0 Å². The number of nitrogens with zero attached hydrogens (tertiary/aromatic N) is 3. The molecule has 21 heavy (non-hydrogen) atoms. The molecule has 1 aliphatic carbocycles. The largest absolute Gasteiger partial charge is 0.376 e. The topological polar surface area (TPSA) is 20.5 Å². The van der Waals surface area contributed by atoms with Gasteiger partial charge < -0.3 is 9.47 Å². The maximum atomic E-state index is 4.80. The summed E-state index contributed by atoms with van der Waals surface area (Å²) < 4.78 is 3.35. The second-order valence-corrected chi connectivity index (χ2v) is 6.53. The predicted molar refractivity (Wildman–Crippen MR) is 92.2 cm³/mol. The molecule has 3 nitrogen and oxygen atoms in total. The van der Waals surface area contributed by atoms with Crippen LogP contribution < -0.4 is 4.90 Å². The molecule has 0 saturated heterocycles. The van der Waals surface area contributed by atoms with E-state index < -0.39 is 0 Å². The van der Waals surface area contributed by atoms with Crippen LogP contribution in [0.5, 0.6) is 0 Å². The van der Waals surface area contributed by atoms with Gasteiger partial charge in [0.2, 0.25) is 0 Å². The van der Waals surface area contributed by atoms with Crippen LogP contribution in [0.15, 0.2) is 39.9 Å². The van der Waals surface area contributed by atoms with Crippen molar-refractivity contribution in [3.8, 4) is 5.69 Å². The van der Waals surface area contributed by atoms with Crippen LogP contribution in [0.25, 0.3) is 11.3 Å². The molecule has 0 atom stereocenters. The Morgan fingerprint density at radius 1 is 1.24 bits per heavy atom. The van der Waals surface area contributed by atoms with Crippen molar-refractivity contribution in [1.29, 1.82) is 0 Å². The first-order valence-corrected chi connectivity index (χ1v) is 7.91. The number of anilines is 1. The fourth-order valence-electron chi connectivity index (χ4n) is 3.17. The van der Waals surface area contributed by atoms with Crippen LogP contribution in [0.4, 0.5) is 11.4 Å². The van der Waals surface area contributed by atoms with Gasteiger partial charge in [-0.3, -0.25) is 4.99 Å².